The van der Waals surface area contributed by atoms with E-state index in [-0.39, 0.29) is 12.2 Å². The normalized spacial score (nSPS) is 9.93. The largest absolute Gasteiger partial charge is 0.464 e. The molecule has 0 amide bonds. The molecule has 7 heteroatoms. The monoisotopic (exact) mass is 324 g/mol. The molecule has 1 rings (SSSR count). The van der Waals surface area contributed by atoms with Crippen molar-refractivity contribution in [1.29, 1.82) is 0 Å². The lowest BCUT2D eigenvalue weighted by atomic mass is 10.4. The van der Waals surface area contributed by atoms with Crippen molar-refractivity contribution in [3.63, 3.8) is 0 Å². The molecule has 76 valence electrons. The molecule has 0 radical (unpaired) electrons. The van der Waals surface area contributed by atoms with Crippen LogP contribution in [0, 0.1) is 0 Å². The summed E-state index contributed by atoms with van der Waals surface area (Å²) in [6.07, 6.45) is 0.672. The van der Waals surface area contributed by atoms with Gasteiger partial charge in [-0.15, -0.1) is 0 Å². The highest BCUT2D eigenvalue weighted by Gasteiger charge is 2.20. The summed E-state index contributed by atoms with van der Waals surface area (Å²) in [5.41, 5.74) is 0.214. The van der Waals surface area contributed by atoms with Crippen molar-refractivity contribution in [3.8, 4) is 0 Å². The number of nitrogens with zero attached hydrogens (tertiary/aromatic N) is 2. The van der Waals surface area contributed by atoms with Gasteiger partial charge in [-0.05, 0) is 31.9 Å². The molecule has 0 aromatic carbocycles. The average molecular weight is 326 g/mol. The van der Waals surface area contributed by atoms with Crippen molar-refractivity contribution in [2.75, 3.05) is 7.11 Å². The summed E-state index contributed by atoms with van der Waals surface area (Å²) < 4.78 is 6.70. The number of imidazole rings is 1. The van der Waals surface area contributed by atoms with Crippen LogP contribution in [0.25, 0.3) is 0 Å². The summed E-state index contributed by atoms with van der Waals surface area (Å²) in [6.45, 7) is 0.0453. The van der Waals surface area contributed by atoms with Gasteiger partial charge >= 0.3 is 5.97 Å². The highest BCUT2D eigenvalue weighted by Crippen LogP contribution is 2.22. The Morgan fingerprint density at radius 3 is 2.79 bits per heavy atom. The third kappa shape index (κ3) is 2.03. The van der Waals surface area contributed by atoms with Crippen molar-refractivity contribution < 1.29 is 14.3 Å². The van der Waals surface area contributed by atoms with Gasteiger partial charge in [0.15, 0.2) is 10.4 Å². The van der Waals surface area contributed by atoms with E-state index in [0.717, 1.165) is 0 Å². The van der Waals surface area contributed by atoms with E-state index >= 15 is 0 Å². The zero-order valence-electron chi connectivity index (χ0n) is 7.16. The molecule has 0 N–H and O–H groups in total. The fourth-order valence-corrected chi connectivity index (χ4v) is 2.21. The maximum Gasteiger partial charge on any atom is 0.357 e. The van der Waals surface area contributed by atoms with Crippen molar-refractivity contribution in [2.45, 2.75) is 6.54 Å². The van der Waals surface area contributed by atoms with E-state index < -0.39 is 5.97 Å². The standard InChI is InChI=1S/C7H6Br2N2O3/c1-14-6(13)4-5(8)10-7(9)11(4)2-3-12/h3H,2H2,1H3. The Morgan fingerprint density at radius 2 is 2.29 bits per heavy atom. The van der Waals surface area contributed by atoms with E-state index in [4.69, 9.17) is 0 Å². The lowest BCUT2D eigenvalue weighted by molar-refractivity contribution is -0.108. The number of hydrogen-bond acceptors (Lipinski definition) is 4. The number of ether oxygens (including phenoxy) is 1. The molecule has 5 nitrogen and oxygen atoms in total. The van der Waals surface area contributed by atoms with Gasteiger partial charge in [0.25, 0.3) is 0 Å². The van der Waals surface area contributed by atoms with Gasteiger partial charge in [0.2, 0.25) is 0 Å². The molecule has 0 aliphatic rings. The number of esters is 1. The molecular weight excluding hydrogens is 320 g/mol. The van der Waals surface area contributed by atoms with Crippen LogP contribution in [0.15, 0.2) is 9.34 Å². The van der Waals surface area contributed by atoms with Gasteiger partial charge in [-0.3, -0.25) is 0 Å². The summed E-state index contributed by atoms with van der Waals surface area (Å²) in [4.78, 5) is 25.6. The second-order valence-corrected chi connectivity index (χ2v) is 3.75. The molecule has 0 saturated carbocycles. The first-order valence-electron chi connectivity index (χ1n) is 3.55. The van der Waals surface area contributed by atoms with E-state index in [9.17, 15) is 9.59 Å². The molecule has 0 atom stereocenters. The number of halogens is 2. The summed E-state index contributed by atoms with van der Waals surface area (Å²) in [7, 11) is 1.26. The van der Waals surface area contributed by atoms with Crippen LogP contribution in [0.1, 0.15) is 10.5 Å². The minimum atomic E-state index is -0.545. The van der Waals surface area contributed by atoms with Gasteiger partial charge in [-0.2, -0.15) is 0 Å². The molecule has 1 aromatic heterocycles. The number of carbonyl (C=O) groups is 2. The van der Waals surface area contributed by atoms with Gasteiger partial charge < -0.3 is 14.1 Å². The fraction of sp³-hybridized carbons (Fsp3) is 0.286. The van der Waals surface area contributed by atoms with Gasteiger partial charge in [-0.25, -0.2) is 9.78 Å². The Labute approximate surface area is 96.7 Å². The second kappa shape index (κ2) is 4.70. The van der Waals surface area contributed by atoms with Gasteiger partial charge in [0.05, 0.1) is 13.7 Å². The smallest absolute Gasteiger partial charge is 0.357 e. The first-order chi connectivity index (χ1) is 6.61. The number of aldehydes is 1. The van der Waals surface area contributed by atoms with Crippen LogP contribution >= 0.6 is 31.9 Å². The number of hydrogen-bond donors (Lipinski definition) is 0. The van der Waals surface area contributed by atoms with Gasteiger partial charge in [0.1, 0.15) is 10.9 Å². The lowest BCUT2D eigenvalue weighted by Gasteiger charge is -2.03. The van der Waals surface area contributed by atoms with E-state index in [1.54, 1.807) is 0 Å². The summed E-state index contributed by atoms with van der Waals surface area (Å²) in [5, 5.41) is 0. The summed E-state index contributed by atoms with van der Waals surface area (Å²) in [6, 6.07) is 0. The van der Waals surface area contributed by atoms with Crippen LogP contribution in [0.4, 0.5) is 0 Å². The molecule has 0 aliphatic heterocycles. The number of rotatable bonds is 3. The first kappa shape index (κ1) is 11.4. The average Bonchev–Trinajstić information content (AvgIpc) is 2.42. The maximum absolute atomic E-state index is 11.3. The third-order valence-electron chi connectivity index (χ3n) is 1.51. The molecule has 0 saturated heterocycles. The van der Waals surface area contributed by atoms with Crippen LogP contribution in [-0.4, -0.2) is 28.9 Å². The third-order valence-corrected chi connectivity index (χ3v) is 2.67. The van der Waals surface area contributed by atoms with Crippen LogP contribution < -0.4 is 0 Å². The number of aromatic nitrogens is 2. The lowest BCUT2D eigenvalue weighted by Crippen LogP contribution is -2.12. The summed E-state index contributed by atoms with van der Waals surface area (Å²) >= 11 is 6.22. The Kier molecular flexibility index (Phi) is 3.82. The number of carbonyl (C=O) groups excluding carboxylic acids is 2. The van der Waals surface area contributed by atoms with E-state index in [0.29, 0.717) is 15.6 Å². The predicted molar refractivity (Wildman–Crippen MR) is 55.0 cm³/mol. The summed E-state index contributed by atoms with van der Waals surface area (Å²) in [5.74, 6) is -0.545. The minimum absolute atomic E-state index is 0.0453. The van der Waals surface area contributed by atoms with Crippen molar-refractivity contribution in [1.82, 2.24) is 9.55 Å². The fourth-order valence-electron chi connectivity index (χ4n) is 0.930. The molecule has 0 bridgehead atoms. The second-order valence-electron chi connectivity index (χ2n) is 2.29. The van der Waals surface area contributed by atoms with Crippen molar-refractivity contribution >= 4 is 44.1 Å². The topological polar surface area (TPSA) is 61.2 Å². The molecule has 0 spiro atoms. The highest BCUT2D eigenvalue weighted by atomic mass is 79.9. The maximum atomic E-state index is 11.3. The molecule has 1 aromatic rings. The van der Waals surface area contributed by atoms with Crippen LogP contribution in [0.2, 0.25) is 0 Å². The van der Waals surface area contributed by atoms with Gasteiger partial charge in [-0.1, -0.05) is 0 Å². The Bertz CT molecular complexity index is 375. The predicted octanol–water partition coefficient (Wildman–Crippen LogP) is 1.39. The van der Waals surface area contributed by atoms with Crippen LogP contribution in [-0.2, 0) is 16.1 Å². The van der Waals surface area contributed by atoms with Crippen LogP contribution in [0.5, 0.6) is 0 Å². The molecule has 1 heterocycles. The van der Waals surface area contributed by atoms with Crippen molar-refractivity contribution in [2.24, 2.45) is 0 Å². The number of methoxy groups -OCH3 is 1. The van der Waals surface area contributed by atoms with Crippen LogP contribution in [0.3, 0.4) is 0 Å². The quantitative estimate of drug-likeness (QED) is 0.622. The zero-order valence-corrected chi connectivity index (χ0v) is 10.3. The first-order valence-corrected chi connectivity index (χ1v) is 5.14. The van der Waals surface area contributed by atoms with Crippen molar-refractivity contribution in [3.05, 3.63) is 15.0 Å². The Balaban J connectivity index is 3.23. The van der Waals surface area contributed by atoms with E-state index in [2.05, 4.69) is 41.6 Å². The Hall–Kier alpha value is -0.690. The molecule has 0 aliphatic carbocycles. The molecule has 0 fully saturated rings. The Morgan fingerprint density at radius 1 is 1.64 bits per heavy atom. The molecule has 14 heavy (non-hydrogen) atoms. The molecular formula is C7H6Br2N2O3. The highest BCUT2D eigenvalue weighted by molar-refractivity contribution is 9.11. The van der Waals surface area contributed by atoms with E-state index in [1.807, 2.05) is 0 Å². The molecule has 0 unspecified atom stereocenters. The minimum Gasteiger partial charge on any atom is -0.464 e. The van der Waals surface area contributed by atoms with Gasteiger partial charge in [0, 0.05) is 0 Å². The zero-order chi connectivity index (χ0) is 10.7. The SMILES string of the molecule is COC(=O)c1c(Br)nc(Br)n1CC=O. The van der Waals surface area contributed by atoms with E-state index in [1.165, 1.54) is 11.7 Å².